The van der Waals surface area contributed by atoms with E-state index < -0.39 is 0 Å². The van der Waals surface area contributed by atoms with Gasteiger partial charge in [-0.25, -0.2) is 0 Å². The van der Waals surface area contributed by atoms with Gasteiger partial charge in [0, 0.05) is 11.1 Å². The molecule has 2 N–H and O–H groups in total. The third-order valence-corrected chi connectivity index (χ3v) is 4.07. The number of ether oxygens (including phenoxy) is 1. The smallest absolute Gasteiger partial charge is 0.138 e. The van der Waals surface area contributed by atoms with Crippen LogP contribution < -0.4 is 10.5 Å². The fourth-order valence-electron chi connectivity index (χ4n) is 1.60. The van der Waals surface area contributed by atoms with Gasteiger partial charge in [0.1, 0.15) is 5.75 Å². The van der Waals surface area contributed by atoms with Crippen molar-refractivity contribution in [3.05, 3.63) is 44.8 Å². The van der Waals surface area contributed by atoms with Gasteiger partial charge in [0.2, 0.25) is 0 Å². The number of hydrogen-bond acceptors (Lipinski definition) is 4. The van der Waals surface area contributed by atoms with E-state index in [-0.39, 0.29) is 12.1 Å². The van der Waals surface area contributed by atoms with E-state index in [0.717, 1.165) is 20.0 Å². The van der Waals surface area contributed by atoms with Crippen LogP contribution in [0.4, 0.5) is 0 Å². The Hall–Kier alpha value is -0.910. The standard InChI is InChI=1S/C13H15BrN2OS/c1-8(2)17-10-5-9(6-16-7-10)13(15)11-3-4-12(14)18-11/h3-8,13H,15H2,1-2H3. The fourth-order valence-corrected chi connectivity index (χ4v) is 3.06. The SMILES string of the molecule is CC(C)Oc1cncc(C(N)c2ccc(Br)s2)c1. The van der Waals surface area contributed by atoms with E-state index in [1.807, 2.05) is 32.0 Å². The molecule has 2 aromatic rings. The molecule has 2 heterocycles. The molecule has 0 saturated carbocycles. The first-order chi connectivity index (χ1) is 8.56. The molecule has 0 aliphatic carbocycles. The Bertz CT molecular complexity index is 527. The molecule has 0 radical (unpaired) electrons. The van der Waals surface area contributed by atoms with Crippen LogP contribution in [0.1, 0.15) is 30.3 Å². The zero-order chi connectivity index (χ0) is 13.1. The predicted octanol–water partition coefficient (Wildman–Crippen LogP) is 3.74. The largest absolute Gasteiger partial charge is 0.489 e. The van der Waals surface area contributed by atoms with Gasteiger partial charge in [-0.15, -0.1) is 11.3 Å². The molecule has 1 atom stereocenters. The molecule has 0 aliphatic heterocycles. The summed E-state index contributed by atoms with van der Waals surface area (Å²) >= 11 is 5.08. The monoisotopic (exact) mass is 326 g/mol. The zero-order valence-corrected chi connectivity index (χ0v) is 12.7. The number of aromatic nitrogens is 1. The van der Waals surface area contributed by atoms with Crippen LogP contribution in [0.2, 0.25) is 0 Å². The van der Waals surface area contributed by atoms with Crippen LogP contribution >= 0.6 is 27.3 Å². The summed E-state index contributed by atoms with van der Waals surface area (Å²) in [7, 11) is 0. The highest BCUT2D eigenvalue weighted by atomic mass is 79.9. The van der Waals surface area contributed by atoms with Gasteiger partial charge in [-0.2, -0.15) is 0 Å². The summed E-state index contributed by atoms with van der Waals surface area (Å²) in [5, 5.41) is 0. The maximum absolute atomic E-state index is 6.22. The average Bonchev–Trinajstić information content (AvgIpc) is 2.74. The van der Waals surface area contributed by atoms with Gasteiger partial charge in [0.05, 0.1) is 22.1 Å². The minimum atomic E-state index is -0.162. The first kappa shape index (κ1) is 13.5. The lowest BCUT2D eigenvalue weighted by Gasteiger charge is -2.13. The predicted molar refractivity (Wildman–Crippen MR) is 78.1 cm³/mol. The Labute approximate surface area is 119 Å². The Morgan fingerprint density at radius 1 is 1.33 bits per heavy atom. The van der Waals surface area contributed by atoms with Crippen molar-refractivity contribution in [3.8, 4) is 5.75 Å². The summed E-state index contributed by atoms with van der Waals surface area (Å²) < 4.78 is 6.70. The van der Waals surface area contributed by atoms with Crippen molar-refractivity contribution < 1.29 is 4.74 Å². The van der Waals surface area contributed by atoms with Crippen molar-refractivity contribution in [2.45, 2.75) is 26.0 Å². The second-order valence-corrected chi connectivity index (χ2v) is 6.73. The lowest BCUT2D eigenvalue weighted by atomic mass is 10.1. The number of rotatable bonds is 4. The lowest BCUT2D eigenvalue weighted by molar-refractivity contribution is 0.241. The van der Waals surface area contributed by atoms with Crippen LogP contribution in [0.3, 0.4) is 0 Å². The van der Waals surface area contributed by atoms with Gasteiger partial charge >= 0.3 is 0 Å². The van der Waals surface area contributed by atoms with Crippen molar-refractivity contribution >= 4 is 27.3 Å². The summed E-state index contributed by atoms with van der Waals surface area (Å²) in [5.41, 5.74) is 7.18. The van der Waals surface area contributed by atoms with E-state index in [2.05, 4.69) is 20.9 Å². The highest BCUT2D eigenvalue weighted by molar-refractivity contribution is 9.11. The van der Waals surface area contributed by atoms with Crippen LogP contribution in [0.15, 0.2) is 34.4 Å². The topological polar surface area (TPSA) is 48.1 Å². The Balaban J connectivity index is 2.22. The quantitative estimate of drug-likeness (QED) is 0.930. The molecule has 0 aliphatic rings. The lowest BCUT2D eigenvalue weighted by Crippen LogP contribution is -2.12. The molecule has 0 amide bonds. The highest BCUT2D eigenvalue weighted by Gasteiger charge is 2.12. The van der Waals surface area contributed by atoms with E-state index in [9.17, 15) is 0 Å². The van der Waals surface area contributed by atoms with Crippen molar-refractivity contribution in [2.75, 3.05) is 0 Å². The second kappa shape index (κ2) is 5.82. The summed E-state index contributed by atoms with van der Waals surface area (Å²) in [4.78, 5) is 5.28. The molecule has 5 heteroatoms. The molecule has 0 saturated heterocycles. The summed E-state index contributed by atoms with van der Waals surface area (Å²) in [6.07, 6.45) is 3.63. The Kier molecular flexibility index (Phi) is 4.37. The first-order valence-electron chi connectivity index (χ1n) is 5.68. The second-order valence-electron chi connectivity index (χ2n) is 4.24. The summed E-state index contributed by atoms with van der Waals surface area (Å²) in [6.45, 7) is 3.98. The van der Waals surface area contributed by atoms with Crippen molar-refractivity contribution in [1.29, 1.82) is 0 Å². The third-order valence-electron chi connectivity index (χ3n) is 2.37. The third kappa shape index (κ3) is 3.31. The van der Waals surface area contributed by atoms with Crippen LogP contribution in [0.5, 0.6) is 5.75 Å². The molecule has 2 aromatic heterocycles. The summed E-state index contributed by atoms with van der Waals surface area (Å²) in [6, 6.07) is 5.81. The number of hydrogen-bond donors (Lipinski definition) is 1. The van der Waals surface area contributed by atoms with E-state index in [1.165, 1.54) is 0 Å². The highest BCUT2D eigenvalue weighted by Crippen LogP contribution is 2.30. The van der Waals surface area contributed by atoms with Gasteiger partial charge in [-0.05, 0) is 53.5 Å². The van der Waals surface area contributed by atoms with Gasteiger partial charge < -0.3 is 10.5 Å². The summed E-state index contributed by atoms with van der Waals surface area (Å²) in [5.74, 6) is 0.758. The van der Waals surface area contributed by atoms with Crippen LogP contribution in [0, 0.1) is 0 Å². The number of thiophene rings is 1. The molecular formula is C13H15BrN2OS. The van der Waals surface area contributed by atoms with Gasteiger partial charge in [0.15, 0.2) is 0 Å². The van der Waals surface area contributed by atoms with Gasteiger partial charge in [-0.1, -0.05) is 0 Å². The van der Waals surface area contributed by atoms with E-state index in [4.69, 9.17) is 10.5 Å². The molecule has 0 spiro atoms. The molecule has 0 fully saturated rings. The average molecular weight is 327 g/mol. The van der Waals surface area contributed by atoms with Crippen molar-refractivity contribution in [1.82, 2.24) is 4.98 Å². The number of nitrogens with two attached hydrogens (primary N) is 1. The van der Waals surface area contributed by atoms with Gasteiger partial charge in [0.25, 0.3) is 0 Å². The Morgan fingerprint density at radius 2 is 2.11 bits per heavy atom. The van der Waals surface area contributed by atoms with E-state index >= 15 is 0 Å². The molecule has 1 unspecified atom stereocenters. The molecule has 96 valence electrons. The number of nitrogens with zero attached hydrogens (tertiary/aromatic N) is 1. The maximum atomic E-state index is 6.22. The first-order valence-corrected chi connectivity index (χ1v) is 7.29. The molecule has 2 rings (SSSR count). The van der Waals surface area contributed by atoms with E-state index in [0.29, 0.717) is 0 Å². The van der Waals surface area contributed by atoms with Crippen LogP contribution in [-0.4, -0.2) is 11.1 Å². The minimum absolute atomic E-state index is 0.133. The maximum Gasteiger partial charge on any atom is 0.138 e. The fraction of sp³-hybridized carbons (Fsp3) is 0.308. The normalized spacial score (nSPS) is 12.7. The molecular weight excluding hydrogens is 312 g/mol. The molecule has 3 nitrogen and oxygen atoms in total. The minimum Gasteiger partial charge on any atom is -0.489 e. The van der Waals surface area contributed by atoms with Gasteiger partial charge in [-0.3, -0.25) is 4.98 Å². The Morgan fingerprint density at radius 3 is 2.72 bits per heavy atom. The molecule has 0 bridgehead atoms. The van der Waals surface area contributed by atoms with Crippen LogP contribution in [-0.2, 0) is 0 Å². The molecule has 0 aromatic carbocycles. The molecule has 18 heavy (non-hydrogen) atoms. The van der Waals surface area contributed by atoms with Crippen LogP contribution in [0.25, 0.3) is 0 Å². The van der Waals surface area contributed by atoms with Crippen molar-refractivity contribution in [3.63, 3.8) is 0 Å². The number of halogens is 1. The van der Waals surface area contributed by atoms with Crippen molar-refractivity contribution in [2.24, 2.45) is 5.73 Å². The zero-order valence-electron chi connectivity index (χ0n) is 10.3. The van der Waals surface area contributed by atoms with E-state index in [1.54, 1.807) is 23.7 Å². The number of pyridine rings is 1.